The number of fused-ring (bicyclic) bond motifs is 1. The Morgan fingerprint density at radius 3 is 2.65 bits per heavy atom. The van der Waals surface area contributed by atoms with Crippen molar-refractivity contribution in [3.8, 4) is 6.07 Å². The fourth-order valence-electron chi connectivity index (χ4n) is 2.53. The van der Waals surface area contributed by atoms with Crippen molar-refractivity contribution in [2.24, 2.45) is 7.05 Å². The number of hydrogen-bond donors (Lipinski definition) is 1. The highest BCUT2D eigenvalue weighted by atomic mass is 16.2. The minimum Gasteiger partial charge on any atom is -0.324 e. The summed E-state index contributed by atoms with van der Waals surface area (Å²) >= 11 is 0. The highest BCUT2D eigenvalue weighted by Gasteiger charge is 2.13. The molecule has 23 heavy (non-hydrogen) atoms. The number of para-hydroxylation sites is 2. The molecular weight excluding hydrogens is 292 g/mol. The molecule has 3 aromatic rings. The molecule has 1 aromatic heterocycles. The van der Waals surface area contributed by atoms with Crippen LogP contribution in [0, 0.1) is 11.3 Å². The lowest BCUT2D eigenvalue weighted by atomic mass is 10.2. The van der Waals surface area contributed by atoms with Crippen LogP contribution < -0.4 is 11.0 Å². The van der Waals surface area contributed by atoms with Crippen molar-refractivity contribution in [3.05, 3.63) is 64.6 Å². The Bertz CT molecular complexity index is 992. The number of aromatic nitrogens is 2. The SMILES string of the molecule is Cn1c(=O)n(CC(=O)Nc2cccc(C#N)c2)c2ccccc21. The Balaban J connectivity index is 1.88. The second-order valence-corrected chi connectivity index (χ2v) is 5.16. The Labute approximate surface area is 132 Å². The second-order valence-electron chi connectivity index (χ2n) is 5.16. The Morgan fingerprint density at radius 2 is 1.91 bits per heavy atom. The molecule has 114 valence electrons. The van der Waals surface area contributed by atoms with Gasteiger partial charge in [0.2, 0.25) is 5.91 Å². The molecule has 0 unspecified atom stereocenters. The van der Waals surface area contributed by atoms with Crippen LogP contribution in [0.1, 0.15) is 5.56 Å². The molecule has 0 aliphatic rings. The number of anilines is 1. The van der Waals surface area contributed by atoms with Crippen LogP contribution in [-0.4, -0.2) is 15.0 Å². The number of carbonyl (C=O) groups excluding carboxylic acids is 1. The molecule has 0 saturated carbocycles. The number of rotatable bonds is 3. The monoisotopic (exact) mass is 306 g/mol. The van der Waals surface area contributed by atoms with Gasteiger partial charge in [-0.25, -0.2) is 4.79 Å². The van der Waals surface area contributed by atoms with Gasteiger partial charge >= 0.3 is 5.69 Å². The summed E-state index contributed by atoms with van der Waals surface area (Å²) in [5.41, 5.74) is 2.23. The molecule has 0 fully saturated rings. The van der Waals surface area contributed by atoms with Crippen LogP contribution in [0.4, 0.5) is 5.69 Å². The van der Waals surface area contributed by atoms with Gasteiger partial charge < -0.3 is 5.32 Å². The van der Waals surface area contributed by atoms with Gasteiger partial charge in [-0.2, -0.15) is 5.26 Å². The fourth-order valence-corrected chi connectivity index (χ4v) is 2.53. The maximum atomic E-state index is 12.3. The lowest BCUT2D eigenvalue weighted by molar-refractivity contribution is -0.116. The summed E-state index contributed by atoms with van der Waals surface area (Å²) in [6, 6.07) is 16.0. The van der Waals surface area contributed by atoms with Crippen molar-refractivity contribution in [2.75, 3.05) is 5.32 Å². The molecular formula is C17H14N4O2. The fraction of sp³-hybridized carbons (Fsp3) is 0.118. The van der Waals surface area contributed by atoms with Crippen LogP contribution >= 0.6 is 0 Å². The van der Waals surface area contributed by atoms with Crippen LogP contribution in [0.3, 0.4) is 0 Å². The van der Waals surface area contributed by atoms with E-state index in [4.69, 9.17) is 5.26 Å². The Morgan fingerprint density at radius 1 is 1.17 bits per heavy atom. The van der Waals surface area contributed by atoms with Crippen molar-refractivity contribution >= 4 is 22.6 Å². The second kappa shape index (κ2) is 5.81. The summed E-state index contributed by atoms with van der Waals surface area (Å²) in [6.07, 6.45) is 0. The topological polar surface area (TPSA) is 79.8 Å². The maximum absolute atomic E-state index is 12.3. The predicted octanol–water partition coefficient (Wildman–Crippen LogP) is 1.85. The highest BCUT2D eigenvalue weighted by Crippen LogP contribution is 2.13. The van der Waals surface area contributed by atoms with Gasteiger partial charge in [0, 0.05) is 12.7 Å². The van der Waals surface area contributed by atoms with Crippen molar-refractivity contribution in [3.63, 3.8) is 0 Å². The van der Waals surface area contributed by atoms with E-state index < -0.39 is 0 Å². The van der Waals surface area contributed by atoms with E-state index in [0.29, 0.717) is 16.8 Å². The summed E-state index contributed by atoms with van der Waals surface area (Å²) in [4.78, 5) is 24.5. The Kier molecular flexibility index (Phi) is 3.69. The van der Waals surface area contributed by atoms with Crippen LogP contribution in [0.2, 0.25) is 0 Å². The molecule has 1 amide bonds. The summed E-state index contributed by atoms with van der Waals surface area (Å²) in [5, 5.41) is 11.6. The molecule has 0 radical (unpaired) electrons. The van der Waals surface area contributed by atoms with Crippen LogP contribution in [0.5, 0.6) is 0 Å². The molecule has 0 saturated heterocycles. The molecule has 0 atom stereocenters. The quantitative estimate of drug-likeness (QED) is 0.802. The van der Waals surface area contributed by atoms with Crippen LogP contribution in [0.15, 0.2) is 53.3 Å². The van der Waals surface area contributed by atoms with Gasteiger partial charge in [-0.1, -0.05) is 18.2 Å². The first-order chi connectivity index (χ1) is 11.1. The molecule has 6 nitrogen and oxygen atoms in total. The molecule has 1 heterocycles. The third kappa shape index (κ3) is 2.72. The first-order valence-corrected chi connectivity index (χ1v) is 7.04. The van der Waals surface area contributed by atoms with Gasteiger partial charge in [0.15, 0.2) is 0 Å². The van der Waals surface area contributed by atoms with Crippen molar-refractivity contribution in [1.29, 1.82) is 5.26 Å². The van der Waals surface area contributed by atoms with E-state index >= 15 is 0 Å². The molecule has 0 spiro atoms. The van der Waals surface area contributed by atoms with E-state index in [1.807, 2.05) is 24.3 Å². The van der Waals surface area contributed by atoms with Crippen LogP contribution in [0.25, 0.3) is 11.0 Å². The molecule has 6 heteroatoms. The van der Waals surface area contributed by atoms with E-state index in [1.165, 1.54) is 9.13 Å². The van der Waals surface area contributed by atoms with Crippen molar-refractivity contribution in [2.45, 2.75) is 6.54 Å². The number of amides is 1. The van der Waals surface area contributed by atoms with Gasteiger partial charge in [0.05, 0.1) is 22.7 Å². The zero-order valence-corrected chi connectivity index (χ0v) is 12.5. The zero-order valence-electron chi connectivity index (χ0n) is 12.5. The average molecular weight is 306 g/mol. The smallest absolute Gasteiger partial charge is 0.324 e. The lowest BCUT2D eigenvalue weighted by Crippen LogP contribution is -2.28. The molecule has 0 bridgehead atoms. The van der Waals surface area contributed by atoms with E-state index in [-0.39, 0.29) is 18.1 Å². The van der Waals surface area contributed by atoms with Gasteiger partial charge in [0.1, 0.15) is 6.54 Å². The van der Waals surface area contributed by atoms with Gasteiger partial charge in [-0.05, 0) is 30.3 Å². The standard InChI is InChI=1S/C17H14N4O2/c1-20-14-7-2-3-8-15(14)21(17(20)23)11-16(22)19-13-6-4-5-12(9-13)10-18/h2-9H,11H2,1H3,(H,19,22). The van der Waals surface area contributed by atoms with Crippen molar-refractivity contribution < 1.29 is 4.79 Å². The van der Waals surface area contributed by atoms with Gasteiger partial charge in [0.25, 0.3) is 0 Å². The molecule has 3 rings (SSSR count). The van der Waals surface area contributed by atoms with Gasteiger partial charge in [-0.15, -0.1) is 0 Å². The van der Waals surface area contributed by atoms with E-state index in [2.05, 4.69) is 5.32 Å². The number of nitrogens with one attached hydrogen (secondary N) is 1. The highest BCUT2D eigenvalue weighted by molar-refractivity contribution is 5.91. The lowest BCUT2D eigenvalue weighted by Gasteiger charge is -2.06. The normalized spacial score (nSPS) is 10.4. The summed E-state index contributed by atoms with van der Waals surface area (Å²) in [6.45, 7) is -0.0863. The molecule has 2 aromatic carbocycles. The van der Waals surface area contributed by atoms with Crippen molar-refractivity contribution in [1.82, 2.24) is 9.13 Å². The number of carbonyl (C=O) groups is 1. The largest absolute Gasteiger partial charge is 0.329 e. The summed E-state index contributed by atoms with van der Waals surface area (Å²) in [5.74, 6) is -0.321. The molecule has 0 aliphatic heterocycles. The van der Waals surface area contributed by atoms with E-state index in [1.54, 1.807) is 37.4 Å². The Hall–Kier alpha value is -3.33. The third-order valence-electron chi connectivity index (χ3n) is 3.63. The average Bonchev–Trinajstić information content (AvgIpc) is 2.80. The minimum atomic E-state index is -0.321. The summed E-state index contributed by atoms with van der Waals surface area (Å²) < 4.78 is 2.94. The number of imidazole rings is 1. The van der Waals surface area contributed by atoms with Gasteiger partial charge in [-0.3, -0.25) is 13.9 Å². The zero-order chi connectivity index (χ0) is 16.4. The van der Waals surface area contributed by atoms with E-state index in [0.717, 1.165) is 5.52 Å². The first kappa shape index (κ1) is 14.6. The number of nitriles is 1. The molecule has 0 aliphatic carbocycles. The maximum Gasteiger partial charge on any atom is 0.329 e. The third-order valence-corrected chi connectivity index (χ3v) is 3.63. The number of nitrogens with zero attached hydrogens (tertiary/aromatic N) is 3. The first-order valence-electron chi connectivity index (χ1n) is 7.04. The minimum absolute atomic E-state index is 0.0863. The number of benzene rings is 2. The number of hydrogen-bond acceptors (Lipinski definition) is 3. The summed E-state index contributed by atoms with van der Waals surface area (Å²) in [7, 11) is 1.68. The molecule has 1 N–H and O–H groups in total. The van der Waals surface area contributed by atoms with E-state index in [9.17, 15) is 9.59 Å². The predicted molar refractivity (Wildman–Crippen MR) is 87.0 cm³/mol. The van der Waals surface area contributed by atoms with Crippen LogP contribution in [-0.2, 0) is 18.4 Å². The number of aryl methyl sites for hydroxylation is 1.